The van der Waals surface area contributed by atoms with Gasteiger partial charge in [0.25, 0.3) is 0 Å². The van der Waals surface area contributed by atoms with Gasteiger partial charge in [0.1, 0.15) is 5.75 Å². The van der Waals surface area contributed by atoms with Crippen LogP contribution in [0.1, 0.15) is 10.4 Å². The first-order valence-electron chi connectivity index (χ1n) is 6.20. The van der Waals surface area contributed by atoms with Gasteiger partial charge >= 0.3 is 5.97 Å². The molecule has 0 aliphatic carbocycles. The summed E-state index contributed by atoms with van der Waals surface area (Å²) in [5, 5.41) is 2.33. The van der Waals surface area contributed by atoms with Gasteiger partial charge in [0.2, 0.25) is 0 Å². The van der Waals surface area contributed by atoms with Crippen molar-refractivity contribution in [3.63, 3.8) is 0 Å². The van der Waals surface area contributed by atoms with Crippen molar-refractivity contribution in [2.24, 2.45) is 0 Å². The lowest BCUT2D eigenvalue weighted by Crippen LogP contribution is -2.08. The highest BCUT2D eigenvalue weighted by Gasteiger charge is 2.11. The summed E-state index contributed by atoms with van der Waals surface area (Å²) in [5.74, 6) is 0.136. The van der Waals surface area contributed by atoms with Crippen molar-refractivity contribution in [2.45, 2.75) is 0 Å². The van der Waals surface area contributed by atoms with Crippen LogP contribution in [0.25, 0.3) is 10.8 Å². The van der Waals surface area contributed by atoms with Crippen LogP contribution in [-0.2, 0) is 0 Å². The van der Waals surface area contributed by atoms with Crippen LogP contribution in [0.15, 0.2) is 66.7 Å². The van der Waals surface area contributed by atoms with Gasteiger partial charge in [0.05, 0.1) is 5.56 Å². The lowest BCUT2D eigenvalue weighted by molar-refractivity contribution is 0.0737. The van der Waals surface area contributed by atoms with Crippen LogP contribution in [0.2, 0.25) is 5.02 Å². The van der Waals surface area contributed by atoms with Crippen LogP contribution < -0.4 is 4.74 Å². The number of carbonyl (C=O) groups is 1. The zero-order valence-electron chi connectivity index (χ0n) is 10.5. The zero-order valence-corrected chi connectivity index (χ0v) is 11.3. The van der Waals surface area contributed by atoms with Crippen LogP contribution in [0.4, 0.5) is 0 Å². The summed E-state index contributed by atoms with van der Waals surface area (Å²) in [4.78, 5) is 12.1. The number of esters is 1. The highest BCUT2D eigenvalue weighted by molar-refractivity contribution is 6.35. The van der Waals surface area contributed by atoms with E-state index in [4.69, 9.17) is 16.3 Å². The number of rotatable bonds is 2. The van der Waals surface area contributed by atoms with Crippen molar-refractivity contribution < 1.29 is 9.53 Å². The fourth-order valence-corrected chi connectivity index (χ4v) is 2.28. The van der Waals surface area contributed by atoms with Gasteiger partial charge in [-0.3, -0.25) is 0 Å². The summed E-state index contributed by atoms with van der Waals surface area (Å²) in [6.07, 6.45) is 0. The Hall–Kier alpha value is -2.32. The number of hydrogen-bond acceptors (Lipinski definition) is 2. The molecule has 0 amide bonds. The SMILES string of the molecule is O=C(Oc1ccc(Cl)c2ccccc12)c1ccccc1. The third-order valence-electron chi connectivity index (χ3n) is 3.04. The molecule has 0 aromatic heterocycles. The lowest BCUT2D eigenvalue weighted by atomic mass is 10.1. The van der Waals surface area contributed by atoms with E-state index < -0.39 is 0 Å². The molecule has 20 heavy (non-hydrogen) atoms. The molecule has 0 saturated heterocycles. The Bertz CT molecular complexity index is 766. The molecule has 0 spiro atoms. The predicted octanol–water partition coefficient (Wildman–Crippen LogP) is 4.71. The van der Waals surface area contributed by atoms with Crippen molar-refractivity contribution in [1.29, 1.82) is 0 Å². The molecule has 0 radical (unpaired) electrons. The summed E-state index contributed by atoms with van der Waals surface area (Å²) in [6.45, 7) is 0. The Labute approximate surface area is 121 Å². The number of halogens is 1. The van der Waals surface area contributed by atoms with Crippen LogP contribution in [-0.4, -0.2) is 5.97 Å². The quantitative estimate of drug-likeness (QED) is 0.502. The van der Waals surface area contributed by atoms with Gasteiger partial charge < -0.3 is 4.74 Å². The Balaban J connectivity index is 2.00. The van der Waals surface area contributed by atoms with Crippen LogP contribution in [0.3, 0.4) is 0 Å². The third-order valence-corrected chi connectivity index (χ3v) is 3.37. The zero-order chi connectivity index (χ0) is 13.9. The van der Waals surface area contributed by atoms with Gasteiger partial charge in [-0.15, -0.1) is 0 Å². The lowest BCUT2D eigenvalue weighted by Gasteiger charge is -2.08. The first kappa shape index (κ1) is 12.7. The minimum Gasteiger partial charge on any atom is -0.422 e. The molecule has 0 bridgehead atoms. The molecule has 3 rings (SSSR count). The van der Waals surface area contributed by atoms with Gasteiger partial charge in [-0.2, -0.15) is 0 Å². The van der Waals surface area contributed by atoms with E-state index in [1.54, 1.807) is 36.4 Å². The first-order chi connectivity index (χ1) is 9.75. The molecule has 0 fully saturated rings. The van der Waals surface area contributed by atoms with E-state index in [2.05, 4.69) is 0 Å². The minimum absolute atomic E-state index is 0.377. The summed E-state index contributed by atoms with van der Waals surface area (Å²) in [6, 6.07) is 19.9. The predicted molar refractivity (Wildman–Crippen MR) is 80.4 cm³/mol. The van der Waals surface area contributed by atoms with Crippen LogP contribution in [0.5, 0.6) is 5.75 Å². The molecule has 0 saturated carbocycles. The highest BCUT2D eigenvalue weighted by atomic mass is 35.5. The Morgan fingerprint density at radius 2 is 1.45 bits per heavy atom. The Kier molecular flexibility index (Phi) is 3.40. The molecule has 0 atom stereocenters. The van der Waals surface area contributed by atoms with Gasteiger partial charge in [-0.25, -0.2) is 4.79 Å². The van der Waals surface area contributed by atoms with Gasteiger partial charge in [0.15, 0.2) is 0 Å². The fourth-order valence-electron chi connectivity index (χ4n) is 2.06. The summed E-state index contributed by atoms with van der Waals surface area (Å²) in [5.41, 5.74) is 0.520. The van der Waals surface area contributed by atoms with Crippen LogP contribution in [0, 0.1) is 0 Å². The number of ether oxygens (including phenoxy) is 1. The van der Waals surface area contributed by atoms with Crippen molar-refractivity contribution in [3.8, 4) is 5.75 Å². The molecule has 0 heterocycles. The number of fused-ring (bicyclic) bond motifs is 1. The number of hydrogen-bond donors (Lipinski definition) is 0. The van der Waals surface area contributed by atoms with Crippen molar-refractivity contribution in [3.05, 3.63) is 77.3 Å². The van der Waals surface area contributed by atoms with E-state index in [1.807, 2.05) is 30.3 Å². The topological polar surface area (TPSA) is 26.3 Å². The number of benzene rings is 3. The molecule has 98 valence electrons. The minimum atomic E-state index is -0.377. The van der Waals surface area contributed by atoms with E-state index in [-0.39, 0.29) is 5.97 Å². The van der Waals surface area contributed by atoms with E-state index in [0.717, 1.165) is 10.8 Å². The monoisotopic (exact) mass is 282 g/mol. The maximum Gasteiger partial charge on any atom is 0.343 e. The second-order valence-corrected chi connectivity index (χ2v) is 4.75. The standard InChI is InChI=1S/C17H11ClO2/c18-15-10-11-16(14-9-5-4-8-13(14)15)20-17(19)12-6-2-1-3-7-12/h1-11H. The van der Waals surface area contributed by atoms with E-state index in [1.165, 1.54) is 0 Å². The van der Waals surface area contributed by atoms with Gasteiger partial charge in [-0.05, 0) is 24.3 Å². The number of carbonyl (C=O) groups excluding carboxylic acids is 1. The smallest absolute Gasteiger partial charge is 0.343 e. The molecule has 0 unspecified atom stereocenters. The average Bonchev–Trinajstić information content (AvgIpc) is 2.51. The normalized spacial score (nSPS) is 10.4. The average molecular weight is 283 g/mol. The summed E-state index contributed by atoms with van der Waals surface area (Å²) in [7, 11) is 0. The highest BCUT2D eigenvalue weighted by Crippen LogP contribution is 2.31. The third kappa shape index (κ3) is 2.38. The summed E-state index contributed by atoms with van der Waals surface area (Å²) >= 11 is 6.14. The molecule has 0 N–H and O–H groups in total. The van der Waals surface area contributed by atoms with Crippen LogP contribution >= 0.6 is 11.6 Å². The van der Waals surface area contributed by atoms with Gasteiger partial charge in [0, 0.05) is 15.8 Å². The molecule has 3 aromatic carbocycles. The van der Waals surface area contributed by atoms with Gasteiger partial charge in [-0.1, -0.05) is 54.1 Å². The molecular formula is C17H11ClO2. The Morgan fingerprint density at radius 3 is 2.20 bits per heavy atom. The van der Waals surface area contributed by atoms with E-state index in [0.29, 0.717) is 16.3 Å². The molecule has 0 aliphatic heterocycles. The van der Waals surface area contributed by atoms with Crippen molar-refractivity contribution in [2.75, 3.05) is 0 Å². The van der Waals surface area contributed by atoms with Crippen molar-refractivity contribution >= 4 is 28.3 Å². The molecule has 0 aliphatic rings. The maximum absolute atomic E-state index is 12.1. The Morgan fingerprint density at radius 1 is 0.800 bits per heavy atom. The molecular weight excluding hydrogens is 272 g/mol. The summed E-state index contributed by atoms with van der Waals surface area (Å²) < 4.78 is 5.47. The second-order valence-electron chi connectivity index (χ2n) is 4.35. The first-order valence-corrected chi connectivity index (χ1v) is 6.58. The fraction of sp³-hybridized carbons (Fsp3) is 0. The van der Waals surface area contributed by atoms with E-state index in [9.17, 15) is 4.79 Å². The second kappa shape index (κ2) is 5.35. The molecule has 3 heteroatoms. The molecule has 2 nitrogen and oxygen atoms in total. The van der Waals surface area contributed by atoms with Crippen molar-refractivity contribution in [1.82, 2.24) is 0 Å². The van der Waals surface area contributed by atoms with E-state index >= 15 is 0 Å². The largest absolute Gasteiger partial charge is 0.422 e. The maximum atomic E-state index is 12.1. The molecule has 3 aromatic rings.